The number of hydrogen-bond donors (Lipinski definition) is 1. The lowest BCUT2D eigenvalue weighted by molar-refractivity contribution is -0.145. The van der Waals surface area contributed by atoms with Crippen LogP contribution in [0.3, 0.4) is 0 Å². The number of nitrogens with zero attached hydrogens (tertiary/aromatic N) is 3. The standard InChI is InChI=1S/C33H46BrN3O4S/c1-4-7-19-35(17-5-2)32(41)29-33-22-25(34)28(42-33)26(27(33)31(40)37(29)20-13-8-9-14-21-38)30(39)36(18-6-3)23-24-15-11-10-12-16-24/h5-6,10-12,15-16,25-29,38H,2-4,7-9,13-14,17-23H2,1H3/t25?,26-,27-,28-,29?,33?/m0/s1. The fraction of sp³-hybridized carbons (Fsp3) is 0.606. The third-order valence-electron chi connectivity index (χ3n) is 8.94. The summed E-state index contributed by atoms with van der Waals surface area (Å²) in [5, 5.41) is 9.12. The van der Waals surface area contributed by atoms with Crippen LogP contribution < -0.4 is 0 Å². The number of benzene rings is 1. The molecule has 0 saturated carbocycles. The fourth-order valence-corrected chi connectivity index (χ4v) is 10.7. The number of likely N-dealkylation sites (tertiary alicyclic amines) is 1. The van der Waals surface area contributed by atoms with Crippen molar-refractivity contribution in [3.63, 3.8) is 0 Å². The van der Waals surface area contributed by atoms with Gasteiger partial charge in [0.2, 0.25) is 17.7 Å². The van der Waals surface area contributed by atoms with E-state index in [1.54, 1.807) is 23.9 Å². The third-order valence-corrected chi connectivity index (χ3v) is 12.2. The molecule has 42 heavy (non-hydrogen) atoms. The van der Waals surface area contributed by atoms with Crippen LogP contribution in [-0.4, -0.2) is 91.2 Å². The molecule has 3 aliphatic rings. The molecule has 3 saturated heterocycles. The Bertz CT molecular complexity index is 1120. The Morgan fingerprint density at radius 1 is 1.07 bits per heavy atom. The Labute approximate surface area is 263 Å². The number of fused-ring (bicyclic) bond motifs is 1. The number of carbonyl (C=O) groups is 3. The molecule has 3 unspecified atom stereocenters. The van der Waals surface area contributed by atoms with Crippen LogP contribution in [0.1, 0.15) is 57.4 Å². The molecule has 7 nitrogen and oxygen atoms in total. The number of thioether (sulfide) groups is 1. The lowest BCUT2D eigenvalue weighted by atomic mass is 9.70. The highest BCUT2D eigenvalue weighted by Gasteiger charge is 2.75. The van der Waals surface area contributed by atoms with Gasteiger partial charge in [-0.15, -0.1) is 24.9 Å². The molecule has 6 atom stereocenters. The molecular formula is C33H46BrN3O4S. The zero-order valence-electron chi connectivity index (χ0n) is 24.8. The monoisotopic (exact) mass is 659 g/mol. The van der Waals surface area contributed by atoms with Crippen molar-refractivity contribution in [1.29, 1.82) is 0 Å². The van der Waals surface area contributed by atoms with Gasteiger partial charge in [-0.25, -0.2) is 0 Å². The maximum atomic E-state index is 14.4. The Morgan fingerprint density at radius 3 is 2.43 bits per heavy atom. The minimum Gasteiger partial charge on any atom is -0.396 e. The summed E-state index contributed by atoms with van der Waals surface area (Å²) in [6.07, 6.45) is 9.26. The Morgan fingerprint density at radius 2 is 1.76 bits per heavy atom. The normalized spacial score (nSPS) is 27.6. The molecule has 9 heteroatoms. The van der Waals surface area contributed by atoms with E-state index < -0.39 is 22.6 Å². The van der Waals surface area contributed by atoms with Crippen LogP contribution in [0, 0.1) is 11.8 Å². The number of amides is 3. The predicted molar refractivity (Wildman–Crippen MR) is 173 cm³/mol. The molecule has 1 spiro atoms. The second-order valence-electron chi connectivity index (χ2n) is 11.8. The molecular weight excluding hydrogens is 614 g/mol. The quantitative estimate of drug-likeness (QED) is 0.144. The molecule has 0 aromatic heterocycles. The number of aliphatic hydroxyl groups is 1. The Balaban J connectivity index is 1.68. The first kappa shape index (κ1) is 32.8. The second-order valence-corrected chi connectivity index (χ2v) is 14.5. The van der Waals surface area contributed by atoms with Crippen molar-refractivity contribution in [2.45, 2.75) is 79.3 Å². The van der Waals surface area contributed by atoms with Crippen LogP contribution in [-0.2, 0) is 20.9 Å². The van der Waals surface area contributed by atoms with Crippen molar-refractivity contribution in [3.8, 4) is 0 Å². The summed E-state index contributed by atoms with van der Waals surface area (Å²) in [7, 11) is 0. The molecule has 3 aliphatic heterocycles. The van der Waals surface area contributed by atoms with E-state index in [4.69, 9.17) is 0 Å². The molecule has 0 aliphatic carbocycles. The first-order valence-electron chi connectivity index (χ1n) is 15.4. The van der Waals surface area contributed by atoms with E-state index in [-0.39, 0.29) is 34.4 Å². The van der Waals surface area contributed by atoms with E-state index in [1.165, 1.54) is 0 Å². The van der Waals surface area contributed by atoms with Crippen LogP contribution in [0.25, 0.3) is 0 Å². The highest BCUT2D eigenvalue weighted by molar-refractivity contribution is 9.09. The van der Waals surface area contributed by atoms with Gasteiger partial charge in [-0.1, -0.05) is 84.6 Å². The minimum absolute atomic E-state index is 0.0252. The van der Waals surface area contributed by atoms with Crippen molar-refractivity contribution in [3.05, 3.63) is 61.2 Å². The molecule has 3 fully saturated rings. The van der Waals surface area contributed by atoms with E-state index >= 15 is 0 Å². The fourth-order valence-electron chi connectivity index (χ4n) is 7.05. The molecule has 2 bridgehead atoms. The molecule has 3 amide bonds. The SMILES string of the molecule is C=CCN(CCCC)C(=O)C1N(CCCCCCO)C(=O)[C@@H]2[C@H](C(=O)N(CC=C)Cc3ccccc3)[C@H]3SC12CC3Br. The second kappa shape index (κ2) is 15.1. The van der Waals surface area contributed by atoms with Crippen molar-refractivity contribution >= 4 is 45.4 Å². The number of hydrogen-bond acceptors (Lipinski definition) is 5. The summed E-state index contributed by atoms with van der Waals surface area (Å²) in [5.41, 5.74) is 1.03. The average Bonchev–Trinajstić information content (AvgIpc) is 3.58. The summed E-state index contributed by atoms with van der Waals surface area (Å²) in [6.45, 7) is 12.4. The predicted octanol–water partition coefficient (Wildman–Crippen LogP) is 5.03. The molecule has 4 rings (SSSR count). The van der Waals surface area contributed by atoms with E-state index in [0.717, 1.165) is 44.1 Å². The number of alkyl halides is 1. The summed E-state index contributed by atoms with van der Waals surface area (Å²) in [4.78, 5) is 48.8. The van der Waals surface area contributed by atoms with Crippen molar-refractivity contribution in [2.75, 3.05) is 32.8 Å². The molecule has 1 aromatic rings. The summed E-state index contributed by atoms with van der Waals surface area (Å²) in [6, 6.07) is 9.28. The van der Waals surface area contributed by atoms with Crippen LogP contribution in [0.2, 0.25) is 0 Å². The Hall–Kier alpha value is -2.10. The van der Waals surface area contributed by atoms with E-state index in [1.807, 2.05) is 45.0 Å². The topological polar surface area (TPSA) is 81.2 Å². The Kier molecular flexibility index (Phi) is 11.8. The largest absolute Gasteiger partial charge is 0.396 e. The first-order valence-corrected chi connectivity index (χ1v) is 17.2. The van der Waals surface area contributed by atoms with Crippen molar-refractivity contribution in [2.24, 2.45) is 11.8 Å². The maximum Gasteiger partial charge on any atom is 0.247 e. The van der Waals surface area contributed by atoms with Gasteiger partial charge < -0.3 is 19.8 Å². The third kappa shape index (κ3) is 6.53. The van der Waals surface area contributed by atoms with E-state index in [9.17, 15) is 19.5 Å². The van der Waals surface area contributed by atoms with E-state index in [0.29, 0.717) is 39.1 Å². The van der Waals surface area contributed by atoms with Crippen LogP contribution in [0.4, 0.5) is 0 Å². The molecule has 0 radical (unpaired) electrons. The number of rotatable bonds is 17. The molecule has 3 heterocycles. The van der Waals surface area contributed by atoms with Gasteiger partial charge in [0.1, 0.15) is 6.04 Å². The smallest absolute Gasteiger partial charge is 0.247 e. The number of carbonyl (C=O) groups excluding carboxylic acids is 3. The zero-order valence-corrected chi connectivity index (χ0v) is 27.2. The first-order chi connectivity index (χ1) is 20.3. The van der Waals surface area contributed by atoms with Crippen LogP contribution >= 0.6 is 27.7 Å². The van der Waals surface area contributed by atoms with Crippen molar-refractivity contribution < 1.29 is 19.5 Å². The highest BCUT2D eigenvalue weighted by atomic mass is 79.9. The van der Waals surface area contributed by atoms with Gasteiger partial charge in [0.05, 0.1) is 16.6 Å². The van der Waals surface area contributed by atoms with Gasteiger partial charge in [0.25, 0.3) is 0 Å². The van der Waals surface area contributed by atoms with Crippen molar-refractivity contribution in [1.82, 2.24) is 14.7 Å². The van der Waals surface area contributed by atoms with Gasteiger partial charge >= 0.3 is 0 Å². The number of unbranched alkanes of at least 4 members (excludes halogenated alkanes) is 4. The zero-order chi connectivity index (χ0) is 30.3. The molecule has 230 valence electrons. The maximum absolute atomic E-state index is 14.4. The van der Waals surface area contributed by atoms with Gasteiger partial charge in [0, 0.05) is 49.4 Å². The summed E-state index contributed by atoms with van der Waals surface area (Å²) < 4.78 is -0.656. The summed E-state index contributed by atoms with van der Waals surface area (Å²) in [5.74, 6) is -1.17. The molecule has 1 N–H and O–H groups in total. The lowest BCUT2D eigenvalue weighted by Crippen LogP contribution is -2.56. The van der Waals surface area contributed by atoms with Gasteiger partial charge in [-0.3, -0.25) is 14.4 Å². The highest BCUT2D eigenvalue weighted by Crippen LogP contribution is 2.68. The summed E-state index contributed by atoms with van der Waals surface area (Å²) >= 11 is 5.59. The lowest BCUT2D eigenvalue weighted by Gasteiger charge is -2.38. The van der Waals surface area contributed by atoms with Crippen LogP contribution in [0.5, 0.6) is 0 Å². The van der Waals surface area contributed by atoms with E-state index in [2.05, 4.69) is 36.0 Å². The average molecular weight is 661 g/mol. The van der Waals surface area contributed by atoms with Crippen LogP contribution in [0.15, 0.2) is 55.6 Å². The minimum atomic E-state index is -0.656. The van der Waals surface area contributed by atoms with Gasteiger partial charge in [-0.2, -0.15) is 0 Å². The number of halogens is 1. The van der Waals surface area contributed by atoms with Gasteiger partial charge in [-0.05, 0) is 31.2 Å². The van der Waals surface area contributed by atoms with Gasteiger partial charge in [0.15, 0.2) is 0 Å². The number of aliphatic hydroxyl groups excluding tert-OH is 1. The molecule has 1 aromatic carbocycles.